The third kappa shape index (κ3) is 5.68. The number of hydrogen-bond acceptors (Lipinski definition) is 3. The maximum absolute atomic E-state index is 5.70. The normalized spacial score (nSPS) is 24.8. The van der Waals surface area contributed by atoms with E-state index in [0.29, 0.717) is 17.6 Å². The summed E-state index contributed by atoms with van der Waals surface area (Å²) >= 11 is 0. The van der Waals surface area contributed by atoms with E-state index in [2.05, 4.69) is 44.8 Å². The summed E-state index contributed by atoms with van der Waals surface area (Å²) in [6, 6.07) is 0.599. The average molecular weight is 256 g/mol. The lowest BCUT2D eigenvalue weighted by atomic mass is 9.84. The van der Waals surface area contributed by atoms with E-state index in [1.54, 1.807) is 0 Å². The van der Waals surface area contributed by atoms with Crippen LogP contribution in [0.3, 0.4) is 0 Å². The third-order valence-electron chi connectivity index (χ3n) is 3.77. The lowest BCUT2D eigenvalue weighted by Crippen LogP contribution is -2.43. The van der Waals surface area contributed by atoms with Gasteiger partial charge in [-0.25, -0.2) is 0 Å². The van der Waals surface area contributed by atoms with Crippen molar-refractivity contribution in [1.82, 2.24) is 10.2 Å². The van der Waals surface area contributed by atoms with E-state index >= 15 is 0 Å². The van der Waals surface area contributed by atoms with Crippen molar-refractivity contribution in [2.45, 2.75) is 59.6 Å². The van der Waals surface area contributed by atoms with Crippen LogP contribution in [0.4, 0.5) is 0 Å². The van der Waals surface area contributed by atoms with Crippen LogP contribution in [0.25, 0.3) is 0 Å². The summed E-state index contributed by atoms with van der Waals surface area (Å²) in [7, 11) is 0. The average Bonchev–Trinajstić information content (AvgIpc) is 2.47. The van der Waals surface area contributed by atoms with E-state index in [0.717, 1.165) is 19.7 Å². The lowest BCUT2D eigenvalue weighted by Gasteiger charge is -2.33. The number of nitrogens with zero attached hydrogens (tertiary/aromatic N) is 1. The topological polar surface area (TPSA) is 24.5 Å². The fourth-order valence-corrected chi connectivity index (χ4v) is 2.68. The summed E-state index contributed by atoms with van der Waals surface area (Å²) in [4.78, 5) is 2.56. The Bertz CT molecular complexity index is 225. The minimum Gasteiger partial charge on any atom is -0.377 e. The van der Waals surface area contributed by atoms with Crippen LogP contribution in [0.5, 0.6) is 0 Å². The van der Waals surface area contributed by atoms with Gasteiger partial charge in [0.1, 0.15) is 0 Å². The highest BCUT2D eigenvalue weighted by molar-refractivity contribution is 4.81. The molecule has 108 valence electrons. The Labute approximate surface area is 113 Å². The quantitative estimate of drug-likeness (QED) is 0.818. The van der Waals surface area contributed by atoms with Crippen molar-refractivity contribution in [2.24, 2.45) is 5.41 Å². The summed E-state index contributed by atoms with van der Waals surface area (Å²) in [5, 5.41) is 3.63. The molecule has 1 aliphatic heterocycles. The maximum atomic E-state index is 5.70. The van der Waals surface area contributed by atoms with Crippen LogP contribution in [0.1, 0.15) is 47.5 Å². The molecule has 1 saturated heterocycles. The number of nitrogens with one attached hydrogen (secondary N) is 1. The smallest absolute Gasteiger partial charge is 0.0673 e. The van der Waals surface area contributed by atoms with Crippen LogP contribution in [0, 0.1) is 5.41 Å². The Morgan fingerprint density at radius 3 is 2.72 bits per heavy atom. The van der Waals surface area contributed by atoms with Crippen molar-refractivity contribution < 1.29 is 4.74 Å². The van der Waals surface area contributed by atoms with Gasteiger partial charge in [-0.1, -0.05) is 27.7 Å². The Balaban J connectivity index is 2.40. The van der Waals surface area contributed by atoms with Crippen LogP contribution >= 0.6 is 0 Å². The summed E-state index contributed by atoms with van der Waals surface area (Å²) in [6.45, 7) is 16.8. The molecule has 3 nitrogen and oxygen atoms in total. The SMILES string of the molecule is CCNC(CCN1CCCOC(C)C1)C(C)(C)C. The fourth-order valence-electron chi connectivity index (χ4n) is 2.68. The van der Waals surface area contributed by atoms with E-state index in [1.165, 1.54) is 25.9 Å². The molecule has 0 amide bonds. The number of hydrogen-bond donors (Lipinski definition) is 1. The van der Waals surface area contributed by atoms with Crippen LogP contribution in [0.15, 0.2) is 0 Å². The van der Waals surface area contributed by atoms with Crippen molar-refractivity contribution in [3.05, 3.63) is 0 Å². The van der Waals surface area contributed by atoms with Gasteiger partial charge < -0.3 is 15.0 Å². The molecule has 3 heteroatoms. The van der Waals surface area contributed by atoms with E-state index < -0.39 is 0 Å². The Morgan fingerprint density at radius 1 is 1.39 bits per heavy atom. The molecule has 1 rings (SSSR count). The largest absolute Gasteiger partial charge is 0.377 e. The summed E-state index contributed by atoms with van der Waals surface area (Å²) < 4.78 is 5.70. The molecule has 1 aliphatic rings. The second kappa shape index (κ2) is 7.46. The van der Waals surface area contributed by atoms with Crippen molar-refractivity contribution in [1.29, 1.82) is 0 Å². The first-order chi connectivity index (χ1) is 8.43. The van der Waals surface area contributed by atoms with Crippen LogP contribution in [-0.2, 0) is 4.74 Å². The Kier molecular flexibility index (Phi) is 6.61. The van der Waals surface area contributed by atoms with E-state index in [-0.39, 0.29) is 0 Å². The molecule has 0 radical (unpaired) electrons. The van der Waals surface area contributed by atoms with E-state index in [9.17, 15) is 0 Å². The molecule has 1 N–H and O–H groups in total. The highest BCUT2D eigenvalue weighted by Crippen LogP contribution is 2.22. The predicted molar refractivity (Wildman–Crippen MR) is 78.0 cm³/mol. The van der Waals surface area contributed by atoms with Gasteiger partial charge in [0, 0.05) is 25.7 Å². The van der Waals surface area contributed by atoms with Gasteiger partial charge in [0.2, 0.25) is 0 Å². The zero-order chi connectivity index (χ0) is 13.6. The van der Waals surface area contributed by atoms with Crippen molar-refractivity contribution in [3.8, 4) is 0 Å². The van der Waals surface area contributed by atoms with Crippen molar-refractivity contribution >= 4 is 0 Å². The standard InChI is InChI=1S/C15H32N2O/c1-6-16-14(15(3,4)5)8-10-17-9-7-11-18-13(2)12-17/h13-14,16H,6-12H2,1-5H3. The maximum Gasteiger partial charge on any atom is 0.0673 e. The summed E-state index contributed by atoms with van der Waals surface area (Å²) in [5.41, 5.74) is 0.337. The summed E-state index contributed by atoms with van der Waals surface area (Å²) in [5.74, 6) is 0. The molecular formula is C15H32N2O. The van der Waals surface area contributed by atoms with Gasteiger partial charge in [0.25, 0.3) is 0 Å². The molecule has 1 fully saturated rings. The zero-order valence-electron chi connectivity index (χ0n) is 13.0. The minimum absolute atomic E-state index is 0.337. The molecule has 1 heterocycles. The first-order valence-electron chi connectivity index (χ1n) is 7.50. The van der Waals surface area contributed by atoms with Crippen LogP contribution in [0.2, 0.25) is 0 Å². The molecule has 2 unspecified atom stereocenters. The van der Waals surface area contributed by atoms with Gasteiger partial charge in [-0.2, -0.15) is 0 Å². The van der Waals surface area contributed by atoms with Gasteiger partial charge in [-0.05, 0) is 38.3 Å². The Hall–Kier alpha value is -0.120. The zero-order valence-corrected chi connectivity index (χ0v) is 13.0. The molecule has 0 aliphatic carbocycles. The molecular weight excluding hydrogens is 224 g/mol. The fraction of sp³-hybridized carbons (Fsp3) is 1.00. The van der Waals surface area contributed by atoms with Gasteiger partial charge >= 0.3 is 0 Å². The number of rotatable bonds is 5. The molecule has 0 saturated carbocycles. The molecule has 0 bridgehead atoms. The Morgan fingerprint density at radius 2 is 2.11 bits per heavy atom. The second-order valence-electron chi connectivity index (χ2n) is 6.60. The highest BCUT2D eigenvalue weighted by atomic mass is 16.5. The van der Waals surface area contributed by atoms with E-state index in [4.69, 9.17) is 4.74 Å². The lowest BCUT2D eigenvalue weighted by molar-refractivity contribution is 0.0665. The minimum atomic E-state index is 0.337. The molecule has 0 aromatic rings. The van der Waals surface area contributed by atoms with Gasteiger partial charge in [-0.15, -0.1) is 0 Å². The van der Waals surface area contributed by atoms with Gasteiger partial charge in [0.05, 0.1) is 6.10 Å². The van der Waals surface area contributed by atoms with Gasteiger partial charge in [-0.3, -0.25) is 0 Å². The molecule has 2 atom stereocenters. The summed E-state index contributed by atoms with van der Waals surface area (Å²) in [6.07, 6.45) is 2.79. The van der Waals surface area contributed by atoms with Crippen LogP contribution < -0.4 is 5.32 Å². The predicted octanol–water partition coefficient (Wildman–Crippen LogP) is 2.51. The van der Waals surface area contributed by atoms with Crippen molar-refractivity contribution in [3.63, 3.8) is 0 Å². The first-order valence-corrected chi connectivity index (χ1v) is 7.50. The van der Waals surface area contributed by atoms with E-state index in [1.807, 2.05) is 0 Å². The molecule has 18 heavy (non-hydrogen) atoms. The monoisotopic (exact) mass is 256 g/mol. The second-order valence-corrected chi connectivity index (χ2v) is 6.60. The number of ether oxygens (including phenoxy) is 1. The van der Waals surface area contributed by atoms with Gasteiger partial charge in [0.15, 0.2) is 0 Å². The third-order valence-corrected chi connectivity index (χ3v) is 3.77. The van der Waals surface area contributed by atoms with Crippen LogP contribution in [-0.4, -0.2) is 49.8 Å². The van der Waals surface area contributed by atoms with Crippen molar-refractivity contribution in [2.75, 3.05) is 32.8 Å². The highest BCUT2D eigenvalue weighted by Gasteiger charge is 2.24. The molecule has 0 spiro atoms. The molecule has 0 aromatic heterocycles. The molecule has 0 aromatic carbocycles. The first kappa shape index (κ1) is 15.9.